The van der Waals surface area contributed by atoms with E-state index in [1.165, 1.54) is 17.0 Å². The number of hydrogen-bond donors (Lipinski definition) is 0. The first-order valence-corrected chi connectivity index (χ1v) is 7.97. The highest BCUT2D eigenvalue weighted by Crippen LogP contribution is 2.31. The number of halogens is 3. The summed E-state index contributed by atoms with van der Waals surface area (Å²) in [6.07, 6.45) is -4.45. The summed E-state index contributed by atoms with van der Waals surface area (Å²) < 4.78 is 43.3. The van der Waals surface area contributed by atoms with Gasteiger partial charge in [-0.3, -0.25) is 4.79 Å². The smallest absolute Gasteiger partial charge is 0.416 e. The van der Waals surface area contributed by atoms with Crippen LogP contribution in [0.15, 0.2) is 48.5 Å². The molecular weight excluding hydrogens is 345 g/mol. The molecule has 2 aromatic rings. The van der Waals surface area contributed by atoms with E-state index in [1.54, 1.807) is 7.05 Å². The fraction of sp³-hybridized carbons (Fsp3) is 0.316. The summed E-state index contributed by atoms with van der Waals surface area (Å²) in [5, 5.41) is 0. The molecule has 2 rings (SSSR count). The summed E-state index contributed by atoms with van der Waals surface area (Å²) in [5.41, 5.74) is 1.19. The van der Waals surface area contributed by atoms with Crippen LogP contribution in [0.3, 0.4) is 0 Å². The highest BCUT2D eigenvalue weighted by molar-refractivity contribution is 5.77. The monoisotopic (exact) mass is 366 g/mol. The number of nitrogens with zero attached hydrogens (tertiary/aromatic N) is 2. The Labute approximate surface area is 150 Å². The molecule has 7 heteroatoms. The van der Waals surface area contributed by atoms with Gasteiger partial charge in [0.15, 0.2) is 6.61 Å². The van der Waals surface area contributed by atoms with Gasteiger partial charge in [-0.15, -0.1) is 0 Å². The summed E-state index contributed by atoms with van der Waals surface area (Å²) in [6, 6.07) is 12.2. The zero-order valence-corrected chi connectivity index (χ0v) is 14.9. The molecule has 1 amide bonds. The molecule has 0 unspecified atom stereocenters. The van der Waals surface area contributed by atoms with Crippen molar-refractivity contribution in [2.75, 3.05) is 32.6 Å². The standard InChI is InChI=1S/C19H21F3N2O2/c1-23(2)16-9-7-14(8-10-16)12-24(3)18(25)13-26-17-6-4-5-15(11-17)19(20,21)22/h4-11H,12-13H2,1-3H3. The average molecular weight is 366 g/mol. The zero-order valence-electron chi connectivity index (χ0n) is 14.9. The van der Waals surface area contributed by atoms with Crippen LogP contribution in [0.5, 0.6) is 5.75 Å². The van der Waals surface area contributed by atoms with Gasteiger partial charge in [-0.05, 0) is 35.9 Å². The van der Waals surface area contributed by atoms with Crippen LogP contribution in [0.4, 0.5) is 18.9 Å². The van der Waals surface area contributed by atoms with Crippen LogP contribution in [0.25, 0.3) is 0 Å². The molecule has 4 nitrogen and oxygen atoms in total. The fourth-order valence-electron chi connectivity index (χ4n) is 2.28. The third kappa shape index (κ3) is 5.40. The third-order valence-electron chi connectivity index (χ3n) is 3.82. The van der Waals surface area contributed by atoms with Crippen LogP contribution in [0, 0.1) is 0 Å². The lowest BCUT2D eigenvalue weighted by Gasteiger charge is -2.19. The molecule has 0 saturated heterocycles. The number of rotatable bonds is 6. The van der Waals surface area contributed by atoms with Crippen LogP contribution in [-0.4, -0.2) is 38.6 Å². The number of ether oxygens (including phenoxy) is 1. The van der Waals surface area contributed by atoms with Crippen molar-refractivity contribution in [3.63, 3.8) is 0 Å². The lowest BCUT2D eigenvalue weighted by Crippen LogP contribution is -2.31. The summed E-state index contributed by atoms with van der Waals surface area (Å²) in [5.74, 6) is -0.309. The molecular formula is C19H21F3N2O2. The molecule has 0 N–H and O–H groups in total. The van der Waals surface area contributed by atoms with E-state index in [0.717, 1.165) is 23.4 Å². The third-order valence-corrected chi connectivity index (χ3v) is 3.82. The topological polar surface area (TPSA) is 32.8 Å². The van der Waals surface area contributed by atoms with Gasteiger partial charge >= 0.3 is 6.18 Å². The van der Waals surface area contributed by atoms with Crippen molar-refractivity contribution in [3.05, 3.63) is 59.7 Å². The predicted molar refractivity (Wildman–Crippen MR) is 94.2 cm³/mol. The molecule has 26 heavy (non-hydrogen) atoms. The number of carbonyl (C=O) groups excluding carboxylic acids is 1. The number of amides is 1. The molecule has 0 aromatic heterocycles. The van der Waals surface area contributed by atoms with Crippen LogP contribution in [0.2, 0.25) is 0 Å². The Kier molecular flexibility index (Phi) is 6.13. The second-order valence-electron chi connectivity index (χ2n) is 6.12. The molecule has 0 aliphatic heterocycles. The van der Waals surface area contributed by atoms with Crippen molar-refractivity contribution in [1.82, 2.24) is 4.90 Å². The van der Waals surface area contributed by atoms with Gasteiger partial charge < -0.3 is 14.5 Å². The van der Waals surface area contributed by atoms with Gasteiger partial charge in [0.2, 0.25) is 0 Å². The summed E-state index contributed by atoms with van der Waals surface area (Å²) in [7, 11) is 5.50. The second kappa shape index (κ2) is 8.12. The minimum atomic E-state index is -4.45. The molecule has 0 spiro atoms. The van der Waals surface area contributed by atoms with E-state index >= 15 is 0 Å². The van der Waals surface area contributed by atoms with E-state index in [-0.39, 0.29) is 18.3 Å². The van der Waals surface area contributed by atoms with E-state index in [9.17, 15) is 18.0 Å². The van der Waals surface area contributed by atoms with Crippen molar-refractivity contribution in [2.45, 2.75) is 12.7 Å². The normalized spacial score (nSPS) is 11.2. The lowest BCUT2D eigenvalue weighted by molar-refractivity contribution is -0.137. The summed E-state index contributed by atoms with van der Waals surface area (Å²) >= 11 is 0. The molecule has 0 aliphatic carbocycles. The maximum absolute atomic E-state index is 12.7. The van der Waals surface area contributed by atoms with Gasteiger partial charge in [-0.1, -0.05) is 18.2 Å². The Morgan fingerprint density at radius 2 is 1.69 bits per heavy atom. The van der Waals surface area contributed by atoms with Crippen LogP contribution < -0.4 is 9.64 Å². The van der Waals surface area contributed by atoms with Gasteiger partial charge in [-0.2, -0.15) is 13.2 Å². The minimum Gasteiger partial charge on any atom is -0.484 e. The predicted octanol–water partition coefficient (Wildman–Crippen LogP) is 3.81. The summed E-state index contributed by atoms with van der Waals surface area (Å²) in [4.78, 5) is 15.6. The second-order valence-corrected chi connectivity index (χ2v) is 6.12. The fourth-order valence-corrected chi connectivity index (χ4v) is 2.28. The Morgan fingerprint density at radius 3 is 2.27 bits per heavy atom. The first-order valence-electron chi connectivity index (χ1n) is 7.97. The molecule has 0 saturated carbocycles. The van der Waals surface area contributed by atoms with Crippen molar-refractivity contribution < 1.29 is 22.7 Å². The lowest BCUT2D eigenvalue weighted by atomic mass is 10.2. The Balaban J connectivity index is 1.91. The van der Waals surface area contributed by atoms with E-state index in [2.05, 4.69) is 0 Å². The SMILES string of the molecule is CN(Cc1ccc(N(C)C)cc1)C(=O)COc1cccc(C(F)(F)F)c1. The molecule has 0 aliphatic rings. The quantitative estimate of drug-likeness (QED) is 0.779. The highest BCUT2D eigenvalue weighted by atomic mass is 19.4. The van der Waals surface area contributed by atoms with Gasteiger partial charge in [-0.25, -0.2) is 0 Å². The number of anilines is 1. The maximum Gasteiger partial charge on any atom is 0.416 e. The van der Waals surface area contributed by atoms with Crippen molar-refractivity contribution in [2.24, 2.45) is 0 Å². The van der Waals surface area contributed by atoms with Crippen molar-refractivity contribution in [3.8, 4) is 5.75 Å². The Bertz CT molecular complexity index is 743. The van der Waals surface area contributed by atoms with E-state index in [1.807, 2.05) is 43.3 Å². The van der Waals surface area contributed by atoms with Gasteiger partial charge in [0.25, 0.3) is 5.91 Å². The maximum atomic E-state index is 12.7. The van der Waals surface area contributed by atoms with Gasteiger partial charge in [0.05, 0.1) is 5.56 Å². The van der Waals surface area contributed by atoms with Crippen LogP contribution in [-0.2, 0) is 17.5 Å². The Morgan fingerprint density at radius 1 is 1.04 bits per heavy atom. The molecule has 0 radical (unpaired) electrons. The Hall–Kier alpha value is -2.70. The first-order chi connectivity index (χ1) is 12.2. The number of alkyl halides is 3. The molecule has 0 heterocycles. The van der Waals surface area contributed by atoms with Crippen LogP contribution in [0.1, 0.15) is 11.1 Å². The first kappa shape index (κ1) is 19.6. The highest BCUT2D eigenvalue weighted by Gasteiger charge is 2.30. The minimum absolute atomic E-state index is 0.0110. The zero-order chi connectivity index (χ0) is 19.3. The molecule has 0 atom stereocenters. The van der Waals surface area contributed by atoms with Crippen molar-refractivity contribution >= 4 is 11.6 Å². The summed E-state index contributed by atoms with van der Waals surface area (Å²) in [6.45, 7) is 0.0616. The van der Waals surface area contributed by atoms with E-state index < -0.39 is 11.7 Å². The van der Waals surface area contributed by atoms with E-state index in [4.69, 9.17) is 4.74 Å². The average Bonchev–Trinajstić information content (AvgIpc) is 2.59. The molecule has 2 aromatic carbocycles. The molecule has 140 valence electrons. The number of carbonyl (C=O) groups is 1. The largest absolute Gasteiger partial charge is 0.484 e. The molecule has 0 bridgehead atoms. The molecule has 0 fully saturated rings. The number of likely N-dealkylation sites (N-methyl/N-ethyl adjacent to an activating group) is 1. The number of hydrogen-bond acceptors (Lipinski definition) is 3. The van der Waals surface area contributed by atoms with E-state index in [0.29, 0.717) is 6.54 Å². The van der Waals surface area contributed by atoms with Crippen LogP contribution >= 0.6 is 0 Å². The van der Waals surface area contributed by atoms with Gasteiger partial charge in [0.1, 0.15) is 5.75 Å². The van der Waals surface area contributed by atoms with Crippen molar-refractivity contribution in [1.29, 1.82) is 0 Å². The number of benzene rings is 2. The van der Waals surface area contributed by atoms with Gasteiger partial charge in [0, 0.05) is 33.4 Å².